The van der Waals surface area contributed by atoms with Crippen LogP contribution in [-0.2, 0) is 30.0 Å². The number of aromatic nitrogens is 4. The lowest BCUT2D eigenvalue weighted by atomic mass is 10.4. The lowest BCUT2D eigenvalue weighted by molar-refractivity contribution is 0.580. The number of aromatic amines is 1. The number of sulfonamides is 1. The van der Waals surface area contributed by atoms with Crippen molar-refractivity contribution >= 4 is 10.0 Å². The van der Waals surface area contributed by atoms with Crippen molar-refractivity contribution in [2.75, 3.05) is 6.54 Å². The van der Waals surface area contributed by atoms with E-state index in [1.807, 2.05) is 0 Å². The van der Waals surface area contributed by atoms with E-state index < -0.39 is 10.0 Å². The van der Waals surface area contributed by atoms with E-state index in [9.17, 15) is 8.42 Å². The molecule has 2 heterocycles. The van der Waals surface area contributed by atoms with Crippen LogP contribution in [0.5, 0.6) is 0 Å². The molecule has 0 saturated heterocycles. The molecular weight excluding hydrogens is 268 g/mol. The molecule has 0 amide bonds. The minimum absolute atomic E-state index is 0.182. The minimum atomic E-state index is -3.51. The van der Waals surface area contributed by atoms with Crippen molar-refractivity contribution in [1.82, 2.24) is 24.5 Å². The van der Waals surface area contributed by atoms with Crippen molar-refractivity contribution in [2.45, 2.75) is 17.9 Å². The van der Waals surface area contributed by atoms with Gasteiger partial charge in [-0.05, 0) is 6.07 Å². The van der Waals surface area contributed by atoms with E-state index in [1.165, 1.54) is 12.3 Å². The second-order valence-electron chi connectivity index (χ2n) is 4.05. The number of nitrogens with zero attached hydrogens (tertiary/aromatic N) is 3. The molecular formula is C10H16N6O2S. The van der Waals surface area contributed by atoms with Gasteiger partial charge in [0.2, 0.25) is 10.0 Å². The third-order valence-corrected chi connectivity index (χ3v) is 3.97. The summed E-state index contributed by atoms with van der Waals surface area (Å²) in [6.07, 6.45) is 3.43. The highest BCUT2D eigenvalue weighted by atomic mass is 32.2. The number of nitrogens with one attached hydrogen (secondary N) is 2. The zero-order valence-corrected chi connectivity index (χ0v) is 11.3. The minimum Gasteiger partial charge on any atom is -0.363 e. The Labute approximate surface area is 111 Å². The topological polar surface area (TPSA) is 119 Å². The molecule has 104 valence electrons. The van der Waals surface area contributed by atoms with Gasteiger partial charge in [-0.15, -0.1) is 0 Å². The van der Waals surface area contributed by atoms with Gasteiger partial charge in [-0.3, -0.25) is 4.68 Å². The summed E-state index contributed by atoms with van der Waals surface area (Å²) >= 11 is 0. The van der Waals surface area contributed by atoms with E-state index in [0.29, 0.717) is 17.9 Å². The summed E-state index contributed by atoms with van der Waals surface area (Å²) in [5, 5.41) is 4.07. The molecule has 2 rings (SSSR count). The maximum absolute atomic E-state index is 11.9. The fourth-order valence-electron chi connectivity index (χ4n) is 1.57. The Morgan fingerprint density at radius 1 is 1.53 bits per heavy atom. The first-order valence-corrected chi connectivity index (χ1v) is 7.21. The first-order valence-electron chi connectivity index (χ1n) is 5.73. The van der Waals surface area contributed by atoms with Gasteiger partial charge in [-0.2, -0.15) is 5.10 Å². The average Bonchev–Trinajstić information content (AvgIpc) is 2.98. The first kappa shape index (κ1) is 13.7. The third kappa shape index (κ3) is 3.40. The van der Waals surface area contributed by atoms with Crippen molar-refractivity contribution < 1.29 is 8.42 Å². The number of hydrogen-bond acceptors (Lipinski definition) is 5. The largest absolute Gasteiger partial charge is 0.363 e. The first-order chi connectivity index (χ1) is 9.01. The van der Waals surface area contributed by atoms with Crippen LogP contribution < -0.4 is 10.5 Å². The summed E-state index contributed by atoms with van der Waals surface area (Å²) in [6.45, 7) is 0.517. The number of H-pyrrole nitrogens is 1. The van der Waals surface area contributed by atoms with E-state index >= 15 is 0 Å². The fourth-order valence-corrected chi connectivity index (χ4v) is 2.62. The van der Waals surface area contributed by atoms with Crippen LogP contribution in [0.3, 0.4) is 0 Å². The van der Waals surface area contributed by atoms with Crippen LogP contribution in [0.1, 0.15) is 11.5 Å². The van der Waals surface area contributed by atoms with Gasteiger partial charge in [0.25, 0.3) is 0 Å². The molecule has 0 saturated carbocycles. The van der Waals surface area contributed by atoms with Gasteiger partial charge in [-0.25, -0.2) is 18.1 Å². The molecule has 0 atom stereocenters. The molecule has 0 unspecified atom stereocenters. The Bertz CT molecular complexity index is 645. The molecule has 2 aromatic rings. The molecule has 2 aromatic heterocycles. The number of rotatable bonds is 6. The van der Waals surface area contributed by atoms with E-state index in [2.05, 4.69) is 19.8 Å². The van der Waals surface area contributed by atoms with Crippen molar-refractivity contribution in [3.8, 4) is 0 Å². The molecule has 9 heteroatoms. The smallest absolute Gasteiger partial charge is 0.242 e. The van der Waals surface area contributed by atoms with E-state index in [4.69, 9.17) is 5.73 Å². The summed E-state index contributed by atoms with van der Waals surface area (Å²) in [5.74, 6) is 0.599. The number of aryl methyl sites for hydroxylation is 1. The van der Waals surface area contributed by atoms with Crippen LogP contribution in [0.2, 0.25) is 0 Å². The van der Waals surface area contributed by atoms with E-state index in [1.54, 1.807) is 18.1 Å². The molecule has 4 N–H and O–H groups in total. The Hall–Kier alpha value is -1.71. The SMILES string of the molecule is Cn1cnc(CCNS(=O)(=O)c2c[nH]c(CN)c2)n1. The maximum Gasteiger partial charge on any atom is 0.242 e. The highest BCUT2D eigenvalue weighted by molar-refractivity contribution is 7.89. The van der Waals surface area contributed by atoms with Crippen LogP contribution >= 0.6 is 0 Å². The summed E-state index contributed by atoms with van der Waals surface area (Å²) in [6, 6.07) is 1.52. The predicted octanol–water partition coefficient (Wildman–Crippen LogP) is -0.877. The quantitative estimate of drug-likeness (QED) is 0.636. The van der Waals surface area contributed by atoms with Gasteiger partial charge < -0.3 is 10.7 Å². The average molecular weight is 284 g/mol. The maximum atomic E-state index is 11.9. The van der Waals surface area contributed by atoms with Gasteiger partial charge in [0.1, 0.15) is 6.33 Å². The normalized spacial score (nSPS) is 11.9. The van der Waals surface area contributed by atoms with Crippen LogP contribution in [-0.4, -0.2) is 34.7 Å². The lowest BCUT2D eigenvalue weighted by Gasteiger charge is -2.02. The molecule has 19 heavy (non-hydrogen) atoms. The Morgan fingerprint density at radius 3 is 2.89 bits per heavy atom. The van der Waals surface area contributed by atoms with Crippen molar-refractivity contribution in [3.63, 3.8) is 0 Å². The zero-order chi connectivity index (χ0) is 13.9. The Morgan fingerprint density at radius 2 is 2.32 bits per heavy atom. The number of nitrogens with two attached hydrogens (primary N) is 1. The monoisotopic (exact) mass is 284 g/mol. The standard InChI is InChI=1S/C10H16N6O2S/c1-16-7-13-10(15-16)2-3-14-19(17,18)9-4-8(5-11)12-6-9/h4,6-7,12,14H,2-3,5,11H2,1H3. The van der Waals surface area contributed by atoms with Crippen LogP contribution in [0.15, 0.2) is 23.5 Å². The van der Waals surface area contributed by atoms with Crippen LogP contribution in [0.4, 0.5) is 0 Å². The highest BCUT2D eigenvalue weighted by Crippen LogP contribution is 2.09. The van der Waals surface area contributed by atoms with E-state index in [0.717, 1.165) is 0 Å². The molecule has 0 bridgehead atoms. The fraction of sp³-hybridized carbons (Fsp3) is 0.400. The van der Waals surface area contributed by atoms with Crippen molar-refractivity contribution in [2.24, 2.45) is 12.8 Å². The van der Waals surface area contributed by atoms with Gasteiger partial charge >= 0.3 is 0 Å². The molecule has 0 aliphatic carbocycles. The van der Waals surface area contributed by atoms with Gasteiger partial charge in [0.15, 0.2) is 5.82 Å². The van der Waals surface area contributed by atoms with Gasteiger partial charge in [0, 0.05) is 38.4 Å². The summed E-state index contributed by atoms with van der Waals surface area (Å²) < 4.78 is 27.9. The predicted molar refractivity (Wildman–Crippen MR) is 68.6 cm³/mol. The second-order valence-corrected chi connectivity index (χ2v) is 5.81. The highest BCUT2D eigenvalue weighted by Gasteiger charge is 2.15. The molecule has 0 spiro atoms. The summed E-state index contributed by atoms with van der Waals surface area (Å²) in [5.41, 5.74) is 6.09. The summed E-state index contributed by atoms with van der Waals surface area (Å²) in [7, 11) is -1.75. The Balaban J connectivity index is 1.94. The molecule has 8 nitrogen and oxygen atoms in total. The Kier molecular flexibility index (Phi) is 3.98. The van der Waals surface area contributed by atoms with E-state index in [-0.39, 0.29) is 18.0 Å². The molecule has 0 aliphatic rings. The molecule has 0 fully saturated rings. The van der Waals surface area contributed by atoms with Crippen molar-refractivity contribution in [3.05, 3.63) is 30.1 Å². The van der Waals surface area contributed by atoms with Gasteiger partial charge in [-0.1, -0.05) is 0 Å². The molecule has 0 radical (unpaired) electrons. The third-order valence-electron chi connectivity index (χ3n) is 2.53. The number of hydrogen-bond donors (Lipinski definition) is 3. The second kappa shape index (κ2) is 5.51. The molecule has 0 aliphatic heterocycles. The van der Waals surface area contributed by atoms with Gasteiger partial charge in [0.05, 0.1) is 4.90 Å². The van der Waals surface area contributed by atoms with Crippen LogP contribution in [0, 0.1) is 0 Å². The van der Waals surface area contributed by atoms with Crippen LogP contribution in [0.25, 0.3) is 0 Å². The summed E-state index contributed by atoms with van der Waals surface area (Å²) in [4.78, 5) is 7.00. The zero-order valence-electron chi connectivity index (χ0n) is 10.5. The lowest BCUT2D eigenvalue weighted by Crippen LogP contribution is -2.26. The molecule has 0 aromatic carbocycles. The van der Waals surface area contributed by atoms with Crippen molar-refractivity contribution in [1.29, 1.82) is 0 Å².